The van der Waals surface area contributed by atoms with Gasteiger partial charge in [0.1, 0.15) is 11.6 Å². The maximum Gasteiger partial charge on any atom is 0.263 e. The zero-order valence-corrected chi connectivity index (χ0v) is 16.5. The molecular weight excluding hydrogens is 368 g/mol. The van der Waals surface area contributed by atoms with Gasteiger partial charge in [-0.15, -0.1) is 22.7 Å². The summed E-state index contributed by atoms with van der Waals surface area (Å²) in [7, 11) is 1.81. The molecule has 0 fully saturated rings. The summed E-state index contributed by atoms with van der Waals surface area (Å²) in [5.41, 5.74) is 2.87. The number of hydrogen-bond acceptors (Lipinski definition) is 6. The lowest BCUT2D eigenvalue weighted by atomic mass is 10.2. The van der Waals surface area contributed by atoms with Gasteiger partial charge in [0.15, 0.2) is 6.61 Å². The van der Waals surface area contributed by atoms with Crippen LogP contribution in [0.3, 0.4) is 0 Å². The van der Waals surface area contributed by atoms with Gasteiger partial charge in [-0.2, -0.15) is 5.10 Å². The minimum absolute atomic E-state index is 0.0576. The van der Waals surface area contributed by atoms with E-state index in [1.807, 2.05) is 45.3 Å². The molecule has 0 saturated heterocycles. The first-order valence-electron chi connectivity index (χ1n) is 8.14. The molecule has 1 aromatic carbocycles. The molecule has 26 heavy (non-hydrogen) atoms. The van der Waals surface area contributed by atoms with Crippen LogP contribution in [0.4, 0.5) is 5.82 Å². The highest BCUT2D eigenvalue weighted by molar-refractivity contribution is 7.21. The van der Waals surface area contributed by atoms with Crippen molar-refractivity contribution in [3.05, 3.63) is 33.8 Å². The monoisotopic (exact) mass is 386 g/mol. The van der Waals surface area contributed by atoms with Crippen LogP contribution in [0.2, 0.25) is 0 Å². The molecule has 0 spiro atoms. The number of aryl methyl sites for hydroxylation is 3. The number of thiazole rings is 1. The lowest BCUT2D eigenvalue weighted by molar-refractivity contribution is -0.118. The van der Waals surface area contributed by atoms with Crippen LogP contribution in [-0.4, -0.2) is 27.3 Å². The number of benzene rings is 1. The fraction of sp³-hybridized carbons (Fsp3) is 0.278. The zero-order chi connectivity index (χ0) is 18.4. The number of thiophene rings is 1. The van der Waals surface area contributed by atoms with Gasteiger partial charge < -0.3 is 10.1 Å². The minimum atomic E-state index is -0.208. The Hall–Kier alpha value is -2.45. The molecule has 3 aromatic heterocycles. The Labute approximate surface area is 158 Å². The SMILES string of the molecule is Cc1nc2c(cc(OCC(=O)Nc3c(C)c(C)nn3C)c3ccsc32)s1. The molecule has 1 N–H and O–H groups in total. The molecule has 8 heteroatoms. The van der Waals surface area contributed by atoms with Crippen molar-refractivity contribution in [1.29, 1.82) is 0 Å². The molecule has 6 nitrogen and oxygen atoms in total. The molecule has 3 heterocycles. The van der Waals surface area contributed by atoms with Gasteiger partial charge in [0.05, 0.1) is 25.6 Å². The number of aromatic nitrogens is 3. The smallest absolute Gasteiger partial charge is 0.263 e. The molecule has 0 aliphatic heterocycles. The maximum atomic E-state index is 12.4. The van der Waals surface area contributed by atoms with E-state index in [0.29, 0.717) is 11.6 Å². The summed E-state index contributed by atoms with van der Waals surface area (Å²) >= 11 is 3.27. The quantitative estimate of drug-likeness (QED) is 0.571. The van der Waals surface area contributed by atoms with Crippen LogP contribution in [0, 0.1) is 20.8 Å². The van der Waals surface area contributed by atoms with Crippen molar-refractivity contribution in [3.63, 3.8) is 0 Å². The minimum Gasteiger partial charge on any atom is -0.483 e. The summed E-state index contributed by atoms with van der Waals surface area (Å²) in [4.78, 5) is 17.0. The largest absolute Gasteiger partial charge is 0.483 e. The van der Waals surface area contributed by atoms with Gasteiger partial charge in [-0.25, -0.2) is 4.98 Å². The second-order valence-corrected chi connectivity index (χ2v) is 8.29. The van der Waals surface area contributed by atoms with Crippen molar-refractivity contribution < 1.29 is 9.53 Å². The van der Waals surface area contributed by atoms with Crippen molar-refractivity contribution in [3.8, 4) is 5.75 Å². The maximum absolute atomic E-state index is 12.4. The number of rotatable bonds is 4. The summed E-state index contributed by atoms with van der Waals surface area (Å²) in [5, 5.41) is 11.2. The Kier molecular flexibility index (Phi) is 4.16. The molecule has 0 unspecified atom stereocenters. The number of nitrogens with one attached hydrogen (secondary N) is 1. The van der Waals surface area contributed by atoms with E-state index in [2.05, 4.69) is 15.4 Å². The highest BCUT2D eigenvalue weighted by atomic mass is 32.1. The number of fused-ring (bicyclic) bond motifs is 3. The van der Waals surface area contributed by atoms with Crippen LogP contribution in [0.25, 0.3) is 20.3 Å². The number of anilines is 1. The van der Waals surface area contributed by atoms with Crippen molar-refractivity contribution in [2.75, 3.05) is 11.9 Å². The van der Waals surface area contributed by atoms with Crippen molar-refractivity contribution in [2.45, 2.75) is 20.8 Å². The first kappa shape index (κ1) is 17.0. The molecule has 1 amide bonds. The van der Waals surface area contributed by atoms with E-state index in [9.17, 15) is 4.79 Å². The second-order valence-electron chi connectivity index (χ2n) is 6.14. The van der Waals surface area contributed by atoms with Gasteiger partial charge in [0.2, 0.25) is 0 Å². The number of amides is 1. The lowest BCUT2D eigenvalue weighted by Gasteiger charge is -2.10. The Morgan fingerprint density at radius 2 is 2.15 bits per heavy atom. The Bertz CT molecular complexity index is 1140. The Morgan fingerprint density at radius 1 is 1.35 bits per heavy atom. The Balaban J connectivity index is 1.57. The molecule has 4 rings (SSSR count). The summed E-state index contributed by atoms with van der Waals surface area (Å²) < 4.78 is 9.70. The molecular formula is C18H18N4O2S2. The van der Waals surface area contributed by atoms with Crippen molar-refractivity contribution in [1.82, 2.24) is 14.8 Å². The molecule has 0 saturated carbocycles. The molecule has 0 bridgehead atoms. The first-order valence-corrected chi connectivity index (χ1v) is 9.84. The van der Waals surface area contributed by atoms with Crippen LogP contribution in [-0.2, 0) is 11.8 Å². The van der Waals surface area contributed by atoms with Crippen LogP contribution in [0.5, 0.6) is 5.75 Å². The fourth-order valence-electron chi connectivity index (χ4n) is 2.96. The molecule has 0 atom stereocenters. The van der Waals surface area contributed by atoms with Gasteiger partial charge in [0, 0.05) is 24.1 Å². The van der Waals surface area contributed by atoms with Gasteiger partial charge in [0.25, 0.3) is 5.91 Å². The normalized spacial score (nSPS) is 11.4. The van der Waals surface area contributed by atoms with Gasteiger partial charge in [-0.1, -0.05) is 0 Å². The highest BCUT2D eigenvalue weighted by Gasteiger charge is 2.15. The average molecular weight is 387 g/mol. The Morgan fingerprint density at radius 3 is 2.88 bits per heavy atom. The third kappa shape index (κ3) is 2.85. The third-order valence-electron chi connectivity index (χ3n) is 4.31. The van der Waals surface area contributed by atoms with E-state index >= 15 is 0 Å². The van der Waals surface area contributed by atoms with Gasteiger partial charge in [-0.3, -0.25) is 9.48 Å². The van der Waals surface area contributed by atoms with E-state index < -0.39 is 0 Å². The molecule has 134 valence electrons. The summed E-state index contributed by atoms with van der Waals surface area (Å²) in [5.74, 6) is 1.20. The van der Waals surface area contributed by atoms with E-state index in [-0.39, 0.29) is 12.5 Å². The topological polar surface area (TPSA) is 69.0 Å². The van der Waals surface area contributed by atoms with E-state index in [1.165, 1.54) is 0 Å². The fourth-order valence-corrected chi connectivity index (χ4v) is 4.79. The molecule has 4 aromatic rings. The number of hydrogen-bond donors (Lipinski definition) is 1. The van der Waals surface area contributed by atoms with Crippen molar-refractivity contribution >= 4 is 54.7 Å². The predicted octanol–water partition coefficient (Wildman–Crippen LogP) is 4.19. The zero-order valence-electron chi connectivity index (χ0n) is 14.9. The third-order valence-corrected chi connectivity index (χ3v) is 6.15. The molecule has 0 aliphatic carbocycles. The number of ether oxygens (including phenoxy) is 1. The number of carbonyl (C=O) groups is 1. The van der Waals surface area contributed by atoms with E-state index in [1.54, 1.807) is 27.4 Å². The highest BCUT2D eigenvalue weighted by Crippen LogP contribution is 2.38. The lowest BCUT2D eigenvalue weighted by Crippen LogP contribution is -2.22. The first-order chi connectivity index (χ1) is 12.4. The average Bonchev–Trinajstić information content (AvgIpc) is 3.26. The summed E-state index contributed by atoms with van der Waals surface area (Å²) in [6, 6.07) is 3.98. The van der Waals surface area contributed by atoms with Crippen LogP contribution < -0.4 is 10.1 Å². The standard InChI is InChI=1S/C18H18N4O2S2/c1-9-10(2)21-22(4)18(9)20-15(23)8-24-13-7-14-16(19-11(3)26-14)17-12(13)5-6-25-17/h5-7H,8H2,1-4H3,(H,20,23). The van der Waals surface area contributed by atoms with Crippen LogP contribution >= 0.6 is 22.7 Å². The van der Waals surface area contributed by atoms with E-state index in [0.717, 1.165) is 36.6 Å². The second kappa shape index (κ2) is 6.37. The van der Waals surface area contributed by atoms with Crippen molar-refractivity contribution in [2.24, 2.45) is 7.05 Å². The summed E-state index contributed by atoms with van der Waals surface area (Å²) in [6.45, 7) is 5.79. The number of nitrogens with zero attached hydrogens (tertiary/aromatic N) is 3. The van der Waals surface area contributed by atoms with Crippen LogP contribution in [0.15, 0.2) is 17.5 Å². The van der Waals surface area contributed by atoms with Crippen LogP contribution in [0.1, 0.15) is 16.3 Å². The number of carbonyl (C=O) groups excluding carboxylic acids is 1. The molecule has 0 aliphatic rings. The molecule has 0 radical (unpaired) electrons. The van der Waals surface area contributed by atoms with Gasteiger partial charge in [-0.05, 0) is 32.2 Å². The summed E-state index contributed by atoms with van der Waals surface area (Å²) in [6.07, 6.45) is 0. The van der Waals surface area contributed by atoms with E-state index in [4.69, 9.17) is 4.74 Å². The van der Waals surface area contributed by atoms with Gasteiger partial charge >= 0.3 is 0 Å². The predicted molar refractivity (Wildman–Crippen MR) is 107 cm³/mol.